The molecule has 0 bridgehead atoms. The van der Waals surface area contributed by atoms with E-state index in [9.17, 15) is 4.79 Å². The second-order valence-corrected chi connectivity index (χ2v) is 5.95. The van der Waals surface area contributed by atoms with Crippen LogP contribution >= 0.6 is 11.3 Å². The van der Waals surface area contributed by atoms with E-state index in [2.05, 4.69) is 4.98 Å². The van der Waals surface area contributed by atoms with Crippen molar-refractivity contribution in [1.82, 2.24) is 9.88 Å². The van der Waals surface area contributed by atoms with Gasteiger partial charge < -0.3 is 14.4 Å². The highest BCUT2D eigenvalue weighted by Gasteiger charge is 2.27. The van der Waals surface area contributed by atoms with Crippen LogP contribution in [0.3, 0.4) is 0 Å². The van der Waals surface area contributed by atoms with Crippen LogP contribution in [-0.4, -0.2) is 55.8 Å². The van der Waals surface area contributed by atoms with E-state index >= 15 is 0 Å². The fraction of sp³-hybridized carbons (Fsp3) is 0.692. The topological polar surface area (TPSA) is 51.7 Å². The summed E-state index contributed by atoms with van der Waals surface area (Å²) < 4.78 is 10.5. The molecular formula is C13H20N2O3S. The summed E-state index contributed by atoms with van der Waals surface area (Å²) in [6.45, 7) is 5.45. The first kappa shape index (κ1) is 14.4. The summed E-state index contributed by atoms with van der Waals surface area (Å²) >= 11 is 1.46. The lowest BCUT2D eigenvalue weighted by Crippen LogP contribution is -2.28. The molecule has 1 saturated heterocycles. The van der Waals surface area contributed by atoms with Crippen molar-refractivity contribution in [3.05, 3.63) is 16.1 Å². The Morgan fingerprint density at radius 2 is 2.42 bits per heavy atom. The molecule has 1 aromatic rings. The van der Waals surface area contributed by atoms with Crippen molar-refractivity contribution in [2.75, 3.05) is 40.0 Å². The van der Waals surface area contributed by atoms with Crippen LogP contribution in [0.25, 0.3) is 0 Å². The summed E-state index contributed by atoms with van der Waals surface area (Å²) in [5.41, 5.74) is 0. The number of nitrogens with zero attached hydrogens (tertiary/aromatic N) is 2. The number of hydrogen-bond donors (Lipinski definition) is 0. The van der Waals surface area contributed by atoms with Crippen LogP contribution in [0.1, 0.15) is 21.1 Å². The van der Waals surface area contributed by atoms with Gasteiger partial charge in [0.05, 0.1) is 31.0 Å². The molecule has 19 heavy (non-hydrogen) atoms. The van der Waals surface area contributed by atoms with E-state index in [0.29, 0.717) is 25.7 Å². The Balaban J connectivity index is 1.76. The lowest BCUT2D eigenvalue weighted by molar-refractivity contribution is 0.0516. The second kappa shape index (κ2) is 6.98. The lowest BCUT2D eigenvalue weighted by atomic mass is 10.1. The van der Waals surface area contributed by atoms with Crippen molar-refractivity contribution >= 4 is 17.2 Å². The Morgan fingerprint density at radius 3 is 3.11 bits per heavy atom. The number of ether oxygens (including phenoxy) is 2. The number of hydrogen-bond acceptors (Lipinski definition) is 5. The Labute approximate surface area is 117 Å². The fourth-order valence-electron chi connectivity index (χ4n) is 2.16. The minimum atomic E-state index is 0.102. The monoisotopic (exact) mass is 284 g/mol. The number of aryl methyl sites for hydroxylation is 1. The third-order valence-corrected chi connectivity index (χ3v) is 4.09. The summed E-state index contributed by atoms with van der Waals surface area (Å²) in [6, 6.07) is 0. The summed E-state index contributed by atoms with van der Waals surface area (Å²) in [7, 11) is 1.66. The summed E-state index contributed by atoms with van der Waals surface area (Å²) in [5.74, 6) is 0.541. The van der Waals surface area contributed by atoms with Gasteiger partial charge >= 0.3 is 0 Å². The molecule has 0 aliphatic carbocycles. The van der Waals surface area contributed by atoms with Gasteiger partial charge in [0, 0.05) is 26.1 Å². The number of amides is 1. The highest BCUT2D eigenvalue weighted by atomic mass is 32.1. The molecule has 5 nitrogen and oxygen atoms in total. The van der Waals surface area contributed by atoms with Gasteiger partial charge in [-0.25, -0.2) is 4.98 Å². The smallest absolute Gasteiger partial charge is 0.265 e. The quantitative estimate of drug-likeness (QED) is 0.744. The van der Waals surface area contributed by atoms with Crippen LogP contribution in [0.15, 0.2) is 6.20 Å². The Morgan fingerprint density at radius 1 is 1.58 bits per heavy atom. The van der Waals surface area contributed by atoms with Crippen LogP contribution in [0.2, 0.25) is 0 Å². The molecule has 0 saturated carbocycles. The maximum absolute atomic E-state index is 12.2. The summed E-state index contributed by atoms with van der Waals surface area (Å²) in [5, 5.41) is 0.932. The molecule has 6 heteroatoms. The van der Waals surface area contributed by atoms with Gasteiger partial charge in [-0.15, -0.1) is 11.3 Å². The van der Waals surface area contributed by atoms with Crippen molar-refractivity contribution in [3.8, 4) is 0 Å². The van der Waals surface area contributed by atoms with Gasteiger partial charge in [0.25, 0.3) is 5.91 Å². The molecule has 1 fully saturated rings. The average molecular weight is 284 g/mol. The Hall–Kier alpha value is -0.980. The predicted molar refractivity (Wildman–Crippen MR) is 73.6 cm³/mol. The first-order valence-corrected chi connectivity index (χ1v) is 7.30. The molecular weight excluding hydrogens is 264 g/mol. The van der Waals surface area contributed by atoms with Gasteiger partial charge in [-0.3, -0.25) is 4.79 Å². The highest BCUT2D eigenvalue weighted by Crippen LogP contribution is 2.21. The molecule has 0 N–H and O–H groups in total. The molecule has 2 heterocycles. The molecule has 106 valence electrons. The maximum Gasteiger partial charge on any atom is 0.265 e. The summed E-state index contributed by atoms with van der Waals surface area (Å²) in [6.07, 6.45) is 2.68. The predicted octanol–water partition coefficient (Wildman–Crippen LogP) is 1.58. The highest BCUT2D eigenvalue weighted by molar-refractivity contribution is 7.13. The number of aromatic nitrogens is 1. The van der Waals surface area contributed by atoms with Crippen LogP contribution in [0.5, 0.6) is 0 Å². The van der Waals surface area contributed by atoms with Crippen molar-refractivity contribution in [2.45, 2.75) is 13.3 Å². The zero-order chi connectivity index (χ0) is 13.7. The average Bonchev–Trinajstić information content (AvgIpc) is 3.03. The normalized spacial score (nSPS) is 19.1. The van der Waals surface area contributed by atoms with E-state index in [-0.39, 0.29) is 5.91 Å². The van der Waals surface area contributed by atoms with E-state index in [1.54, 1.807) is 13.3 Å². The van der Waals surface area contributed by atoms with Crippen LogP contribution in [0.4, 0.5) is 0 Å². The number of carbonyl (C=O) groups excluding carboxylic acids is 1. The van der Waals surface area contributed by atoms with Crippen LogP contribution in [0, 0.1) is 12.8 Å². The second-order valence-electron chi connectivity index (χ2n) is 4.72. The molecule has 0 aromatic carbocycles. The molecule has 1 amide bonds. The molecule has 1 unspecified atom stereocenters. The van der Waals surface area contributed by atoms with Crippen molar-refractivity contribution in [3.63, 3.8) is 0 Å². The van der Waals surface area contributed by atoms with Crippen molar-refractivity contribution in [1.29, 1.82) is 0 Å². The zero-order valence-electron chi connectivity index (χ0n) is 11.4. The molecule has 1 aromatic heterocycles. The van der Waals surface area contributed by atoms with E-state index in [0.717, 1.165) is 29.4 Å². The molecule has 0 spiro atoms. The Bertz CT molecular complexity index is 422. The number of methoxy groups -OCH3 is 1. The standard InChI is InChI=1S/C13H20N2O3S/c1-10-14-7-12(19-10)13(16)15-4-3-11(8-15)9-18-6-5-17-2/h7,11H,3-6,8-9H2,1-2H3. The number of carbonyl (C=O) groups is 1. The third kappa shape index (κ3) is 3.99. The fourth-order valence-corrected chi connectivity index (χ4v) is 2.91. The molecule has 1 aliphatic rings. The van der Waals surface area contributed by atoms with Crippen LogP contribution in [-0.2, 0) is 9.47 Å². The van der Waals surface area contributed by atoms with E-state index in [1.807, 2.05) is 11.8 Å². The third-order valence-electron chi connectivity index (χ3n) is 3.19. The van der Waals surface area contributed by atoms with Gasteiger partial charge in [-0.05, 0) is 13.3 Å². The van der Waals surface area contributed by atoms with Gasteiger partial charge in [0.2, 0.25) is 0 Å². The van der Waals surface area contributed by atoms with E-state index in [1.165, 1.54) is 11.3 Å². The first-order chi connectivity index (χ1) is 9.20. The maximum atomic E-state index is 12.2. The van der Waals surface area contributed by atoms with Crippen LogP contribution < -0.4 is 0 Å². The number of rotatable bonds is 6. The first-order valence-electron chi connectivity index (χ1n) is 6.49. The lowest BCUT2D eigenvalue weighted by Gasteiger charge is -2.15. The molecule has 2 rings (SSSR count). The Kier molecular flexibility index (Phi) is 5.30. The largest absolute Gasteiger partial charge is 0.382 e. The van der Waals surface area contributed by atoms with E-state index < -0.39 is 0 Å². The number of likely N-dealkylation sites (tertiary alicyclic amines) is 1. The summed E-state index contributed by atoms with van der Waals surface area (Å²) in [4.78, 5) is 19.0. The number of thiazole rings is 1. The van der Waals surface area contributed by atoms with E-state index in [4.69, 9.17) is 9.47 Å². The van der Waals surface area contributed by atoms with Crippen molar-refractivity contribution in [2.24, 2.45) is 5.92 Å². The van der Waals surface area contributed by atoms with Gasteiger partial charge in [0.1, 0.15) is 4.88 Å². The van der Waals surface area contributed by atoms with Crippen molar-refractivity contribution < 1.29 is 14.3 Å². The van der Waals surface area contributed by atoms with Gasteiger partial charge in [0.15, 0.2) is 0 Å². The minimum absolute atomic E-state index is 0.102. The molecule has 1 atom stereocenters. The zero-order valence-corrected chi connectivity index (χ0v) is 12.2. The molecule has 1 aliphatic heterocycles. The van der Waals surface area contributed by atoms with Gasteiger partial charge in [-0.1, -0.05) is 0 Å². The SMILES string of the molecule is COCCOCC1CCN(C(=O)c2cnc(C)s2)C1. The van der Waals surface area contributed by atoms with Gasteiger partial charge in [-0.2, -0.15) is 0 Å². The molecule has 0 radical (unpaired) electrons. The minimum Gasteiger partial charge on any atom is -0.382 e.